The lowest BCUT2D eigenvalue weighted by atomic mass is 10.3. The molecule has 1 aromatic rings. The van der Waals surface area contributed by atoms with Crippen LogP contribution in [0.25, 0.3) is 0 Å². The summed E-state index contributed by atoms with van der Waals surface area (Å²) in [5.41, 5.74) is 0. The van der Waals surface area contributed by atoms with E-state index in [1.165, 1.54) is 35.0 Å². The van der Waals surface area contributed by atoms with E-state index in [2.05, 4.69) is 0 Å². The van der Waals surface area contributed by atoms with Gasteiger partial charge in [0, 0.05) is 33.2 Å². The van der Waals surface area contributed by atoms with Gasteiger partial charge in [0.2, 0.25) is 15.9 Å². The Morgan fingerprint density at radius 2 is 1.72 bits per heavy atom. The monoisotopic (exact) mass is 447 g/mol. The highest BCUT2D eigenvalue weighted by atomic mass is 35.5. The van der Waals surface area contributed by atoms with Crippen molar-refractivity contribution in [2.45, 2.75) is 18.7 Å². The number of carbonyl (C=O) groups is 2. The maximum Gasteiger partial charge on any atom is 0.409 e. The number of likely N-dealkylation sites (N-methyl/N-ethyl adjacent to an activating group) is 1. The molecule has 1 heterocycles. The second kappa shape index (κ2) is 10.1. The predicted octanol–water partition coefficient (Wildman–Crippen LogP) is 1.66. The molecule has 29 heavy (non-hydrogen) atoms. The van der Waals surface area contributed by atoms with E-state index in [9.17, 15) is 18.0 Å². The molecule has 1 aliphatic rings. The van der Waals surface area contributed by atoms with Crippen molar-refractivity contribution in [2.24, 2.45) is 0 Å². The molecule has 0 bridgehead atoms. The van der Waals surface area contributed by atoms with Crippen LogP contribution in [-0.4, -0.2) is 87.5 Å². The molecule has 2 amide bonds. The zero-order valence-corrected chi connectivity index (χ0v) is 18.3. The molecule has 0 N–H and O–H groups in total. The zero-order chi connectivity index (χ0) is 21.6. The van der Waals surface area contributed by atoms with Gasteiger partial charge in [-0.05, 0) is 32.0 Å². The summed E-state index contributed by atoms with van der Waals surface area (Å²) < 4.78 is 36.8. The molecule has 0 unspecified atom stereocenters. The molecular formula is C18H26ClN3O6S. The van der Waals surface area contributed by atoms with Crippen molar-refractivity contribution in [1.82, 2.24) is 14.1 Å². The van der Waals surface area contributed by atoms with E-state index < -0.39 is 16.1 Å². The summed E-state index contributed by atoms with van der Waals surface area (Å²) in [6.07, 6.45) is -0.410. The molecule has 2 rings (SSSR count). The first-order valence-electron chi connectivity index (χ1n) is 9.28. The molecular weight excluding hydrogens is 422 g/mol. The van der Waals surface area contributed by atoms with Gasteiger partial charge in [0.1, 0.15) is 5.75 Å². The van der Waals surface area contributed by atoms with E-state index in [1.54, 1.807) is 13.8 Å². The maximum absolute atomic E-state index is 12.8. The molecule has 11 heteroatoms. The fourth-order valence-electron chi connectivity index (χ4n) is 2.82. The van der Waals surface area contributed by atoms with Crippen molar-refractivity contribution < 1.29 is 27.5 Å². The average molecular weight is 448 g/mol. The first-order valence-corrected chi connectivity index (χ1v) is 11.1. The maximum atomic E-state index is 12.8. The molecule has 0 radical (unpaired) electrons. The van der Waals surface area contributed by atoms with Crippen LogP contribution in [0.5, 0.6) is 5.75 Å². The second-order valence-corrected chi connectivity index (χ2v) is 8.81. The Morgan fingerprint density at radius 3 is 2.28 bits per heavy atom. The minimum atomic E-state index is -3.90. The fourth-order valence-corrected chi connectivity index (χ4v) is 4.27. The smallest absolute Gasteiger partial charge is 0.409 e. The van der Waals surface area contributed by atoms with E-state index in [0.29, 0.717) is 38.5 Å². The van der Waals surface area contributed by atoms with Gasteiger partial charge in [0.15, 0.2) is 0 Å². The third-order valence-corrected chi connectivity index (χ3v) is 6.52. The van der Waals surface area contributed by atoms with Crippen LogP contribution in [0.3, 0.4) is 0 Å². The van der Waals surface area contributed by atoms with Gasteiger partial charge in [0.05, 0.1) is 29.7 Å². The molecule has 1 fully saturated rings. The van der Waals surface area contributed by atoms with Crippen molar-refractivity contribution >= 4 is 33.6 Å². The van der Waals surface area contributed by atoms with Crippen LogP contribution in [0.4, 0.5) is 4.79 Å². The Kier molecular flexibility index (Phi) is 8.12. The minimum absolute atomic E-state index is 0.0200. The van der Waals surface area contributed by atoms with Crippen molar-refractivity contribution in [3.63, 3.8) is 0 Å². The molecule has 0 atom stereocenters. The van der Waals surface area contributed by atoms with Crippen LogP contribution in [0.2, 0.25) is 5.02 Å². The Bertz CT molecular complexity index is 840. The Balaban J connectivity index is 1.98. The summed E-state index contributed by atoms with van der Waals surface area (Å²) in [5.74, 6) is 0.0583. The van der Waals surface area contributed by atoms with Gasteiger partial charge < -0.3 is 19.3 Å². The third-order valence-electron chi connectivity index (χ3n) is 4.43. The number of piperazine rings is 1. The zero-order valence-electron chi connectivity index (χ0n) is 16.8. The Morgan fingerprint density at radius 1 is 1.10 bits per heavy atom. The van der Waals surface area contributed by atoms with E-state index >= 15 is 0 Å². The number of rotatable bonds is 7. The largest absolute Gasteiger partial charge is 0.492 e. The number of hydrogen-bond donors (Lipinski definition) is 0. The number of sulfonamides is 1. The lowest BCUT2D eigenvalue weighted by Gasteiger charge is -2.34. The topological polar surface area (TPSA) is 96.5 Å². The van der Waals surface area contributed by atoms with Crippen LogP contribution in [0.1, 0.15) is 13.8 Å². The molecule has 0 spiro atoms. The van der Waals surface area contributed by atoms with Gasteiger partial charge in [-0.2, -0.15) is 4.31 Å². The van der Waals surface area contributed by atoms with Crippen molar-refractivity contribution in [3.05, 3.63) is 23.2 Å². The van der Waals surface area contributed by atoms with Crippen LogP contribution < -0.4 is 4.74 Å². The lowest BCUT2D eigenvalue weighted by Crippen LogP contribution is -2.52. The fraction of sp³-hybridized carbons (Fsp3) is 0.556. The number of hydrogen-bond acceptors (Lipinski definition) is 6. The summed E-state index contributed by atoms with van der Waals surface area (Å²) in [7, 11) is -2.56. The molecule has 1 aliphatic heterocycles. The van der Waals surface area contributed by atoms with Crippen LogP contribution in [0.15, 0.2) is 23.1 Å². The highest BCUT2D eigenvalue weighted by Crippen LogP contribution is 2.28. The van der Waals surface area contributed by atoms with Crippen LogP contribution >= 0.6 is 11.6 Å². The normalized spacial score (nSPS) is 14.8. The summed E-state index contributed by atoms with van der Waals surface area (Å²) in [5, 5.41) is 0.183. The van der Waals surface area contributed by atoms with Gasteiger partial charge >= 0.3 is 6.09 Å². The number of carbonyl (C=O) groups excluding carboxylic acids is 2. The van der Waals surface area contributed by atoms with E-state index in [-0.39, 0.29) is 29.0 Å². The van der Waals surface area contributed by atoms with E-state index in [0.717, 1.165) is 4.31 Å². The first-order chi connectivity index (χ1) is 13.7. The summed E-state index contributed by atoms with van der Waals surface area (Å²) >= 11 is 6.08. The number of amides is 2. The summed E-state index contributed by atoms with van der Waals surface area (Å²) in [4.78, 5) is 27.3. The van der Waals surface area contributed by atoms with Crippen molar-refractivity contribution in [3.8, 4) is 5.75 Å². The van der Waals surface area contributed by atoms with E-state index in [4.69, 9.17) is 21.1 Å². The number of benzene rings is 1. The SMILES string of the molecule is CCOC(=O)N1CCN(C(=O)CN(C)S(=O)(=O)c2ccc(OCC)c(Cl)c2)CC1. The quantitative estimate of drug-likeness (QED) is 0.630. The van der Waals surface area contributed by atoms with Crippen LogP contribution in [-0.2, 0) is 19.6 Å². The summed E-state index contributed by atoms with van der Waals surface area (Å²) in [6.45, 7) is 5.23. The Labute approximate surface area is 176 Å². The van der Waals surface area contributed by atoms with Gasteiger partial charge in [-0.15, -0.1) is 0 Å². The van der Waals surface area contributed by atoms with Crippen molar-refractivity contribution in [1.29, 1.82) is 0 Å². The van der Waals surface area contributed by atoms with Crippen molar-refractivity contribution in [2.75, 3.05) is 53.0 Å². The molecule has 0 aliphatic carbocycles. The second-order valence-electron chi connectivity index (χ2n) is 6.35. The molecule has 0 saturated carbocycles. The minimum Gasteiger partial charge on any atom is -0.492 e. The summed E-state index contributed by atoms with van der Waals surface area (Å²) in [6, 6.07) is 4.19. The number of halogens is 1. The standard InChI is InChI=1S/C18H26ClN3O6S/c1-4-27-16-7-6-14(12-15(16)19)29(25,26)20(3)13-17(23)21-8-10-22(11-9-21)18(24)28-5-2/h6-7,12H,4-5,8-11,13H2,1-3H3. The highest BCUT2D eigenvalue weighted by molar-refractivity contribution is 7.89. The number of nitrogens with zero attached hydrogens (tertiary/aromatic N) is 3. The van der Waals surface area contributed by atoms with Gasteiger partial charge in [-0.1, -0.05) is 11.6 Å². The molecule has 1 aromatic carbocycles. The molecule has 162 valence electrons. The predicted molar refractivity (Wildman–Crippen MR) is 108 cm³/mol. The van der Waals surface area contributed by atoms with Crippen LogP contribution in [0, 0.1) is 0 Å². The molecule has 9 nitrogen and oxygen atoms in total. The van der Waals surface area contributed by atoms with Gasteiger partial charge in [0.25, 0.3) is 0 Å². The molecule has 1 saturated heterocycles. The first kappa shape index (κ1) is 23.2. The van der Waals surface area contributed by atoms with E-state index in [1.807, 2.05) is 0 Å². The molecule has 0 aromatic heterocycles. The Hall–Kier alpha value is -2.04. The average Bonchev–Trinajstić information content (AvgIpc) is 2.69. The van der Waals surface area contributed by atoms with Gasteiger partial charge in [-0.25, -0.2) is 13.2 Å². The highest BCUT2D eigenvalue weighted by Gasteiger charge is 2.29. The lowest BCUT2D eigenvalue weighted by molar-refractivity contribution is -0.132. The van der Waals surface area contributed by atoms with Gasteiger partial charge in [-0.3, -0.25) is 4.79 Å². The number of ether oxygens (including phenoxy) is 2. The third kappa shape index (κ3) is 5.74.